The Kier molecular flexibility index (Phi) is 6.97. The minimum atomic E-state index is -3.79. The number of carbonyl (C=O) groups excluding carboxylic acids is 1. The molecule has 1 spiro atoms. The van der Waals surface area contributed by atoms with Crippen LogP contribution in [0, 0.1) is 0 Å². The molecule has 188 valence electrons. The summed E-state index contributed by atoms with van der Waals surface area (Å²) in [5.41, 5.74) is 3.52. The van der Waals surface area contributed by atoms with Crippen molar-refractivity contribution >= 4 is 33.2 Å². The molecule has 2 aromatic carbocycles. The van der Waals surface area contributed by atoms with Crippen molar-refractivity contribution in [2.45, 2.75) is 43.9 Å². The van der Waals surface area contributed by atoms with E-state index in [9.17, 15) is 13.2 Å². The molecule has 0 fully saturated rings. The van der Waals surface area contributed by atoms with Crippen LogP contribution in [0.4, 0.5) is 5.69 Å². The van der Waals surface area contributed by atoms with Crippen molar-refractivity contribution in [2.24, 2.45) is 0 Å². The molecule has 0 saturated carbocycles. The van der Waals surface area contributed by atoms with Gasteiger partial charge in [-0.25, -0.2) is 13.1 Å². The number of sulfonamides is 1. The second-order valence-corrected chi connectivity index (χ2v) is 12.0. The first-order valence-corrected chi connectivity index (χ1v) is 14.3. The standard InChI is InChI=1S/C26H31ClN2O5S/c27-21-6-7-22-19(15-21)9-10-26(22)17-29-11-3-1-2-4-12-33-13-14-35(31,32)28-25(30)20-5-8-24(34-18-26)23(29)16-20/h5-8,15-16H,1-4,9-14,17-18H2,(H,28,30). The largest absolute Gasteiger partial charge is 0.490 e. The van der Waals surface area contributed by atoms with E-state index in [-0.39, 0.29) is 17.8 Å². The number of nitrogens with one attached hydrogen (secondary N) is 1. The average Bonchev–Trinajstić information content (AvgIpc) is 3.08. The highest BCUT2D eigenvalue weighted by Crippen LogP contribution is 2.45. The number of halogens is 1. The van der Waals surface area contributed by atoms with Crippen molar-refractivity contribution in [3.63, 3.8) is 0 Å². The summed E-state index contributed by atoms with van der Waals surface area (Å²) in [4.78, 5) is 15.2. The number of carbonyl (C=O) groups is 1. The number of aryl methyl sites for hydroxylation is 1. The van der Waals surface area contributed by atoms with E-state index in [1.54, 1.807) is 18.2 Å². The summed E-state index contributed by atoms with van der Waals surface area (Å²) in [6.45, 7) is 2.73. The monoisotopic (exact) mass is 518 g/mol. The van der Waals surface area contributed by atoms with Crippen LogP contribution >= 0.6 is 11.6 Å². The van der Waals surface area contributed by atoms with Gasteiger partial charge in [-0.1, -0.05) is 30.5 Å². The molecule has 1 atom stereocenters. The molecule has 1 amide bonds. The molecule has 7 nitrogen and oxygen atoms in total. The van der Waals surface area contributed by atoms with Crippen LogP contribution in [-0.4, -0.2) is 53.0 Å². The first-order valence-electron chi connectivity index (χ1n) is 12.3. The highest BCUT2D eigenvalue weighted by Gasteiger charge is 2.43. The van der Waals surface area contributed by atoms with E-state index >= 15 is 0 Å². The summed E-state index contributed by atoms with van der Waals surface area (Å²) in [5.74, 6) is -0.164. The van der Waals surface area contributed by atoms with Gasteiger partial charge in [-0.3, -0.25) is 4.79 Å². The molecule has 2 aromatic rings. The van der Waals surface area contributed by atoms with Crippen molar-refractivity contribution in [2.75, 3.05) is 43.6 Å². The first kappa shape index (κ1) is 24.4. The minimum absolute atomic E-state index is 0.0726. The van der Waals surface area contributed by atoms with Crippen LogP contribution in [0.15, 0.2) is 36.4 Å². The van der Waals surface area contributed by atoms with Gasteiger partial charge in [0.1, 0.15) is 5.75 Å². The summed E-state index contributed by atoms with van der Waals surface area (Å²) in [6, 6.07) is 11.3. The van der Waals surface area contributed by atoms with Crippen molar-refractivity contribution in [1.82, 2.24) is 4.72 Å². The lowest BCUT2D eigenvalue weighted by atomic mass is 9.82. The highest BCUT2D eigenvalue weighted by atomic mass is 35.5. The number of rotatable bonds is 0. The number of amides is 1. The summed E-state index contributed by atoms with van der Waals surface area (Å²) in [5, 5.41) is 0.748. The van der Waals surface area contributed by atoms with E-state index in [0.29, 0.717) is 18.8 Å². The van der Waals surface area contributed by atoms with Crippen LogP contribution in [-0.2, 0) is 26.6 Å². The summed E-state index contributed by atoms with van der Waals surface area (Å²) in [6.07, 6.45) is 5.88. The molecule has 2 aliphatic heterocycles. The van der Waals surface area contributed by atoms with Crippen LogP contribution in [0.2, 0.25) is 5.02 Å². The van der Waals surface area contributed by atoms with E-state index in [0.717, 1.165) is 68.1 Å². The Morgan fingerprint density at radius 3 is 2.77 bits per heavy atom. The third kappa shape index (κ3) is 5.29. The second-order valence-electron chi connectivity index (χ2n) is 9.75. The van der Waals surface area contributed by atoms with Crippen LogP contribution in [0.1, 0.15) is 53.6 Å². The fourth-order valence-electron chi connectivity index (χ4n) is 5.43. The van der Waals surface area contributed by atoms with Crippen molar-refractivity contribution < 1.29 is 22.7 Å². The molecule has 0 aromatic heterocycles. The normalized spacial score (nSPS) is 24.8. The predicted molar refractivity (Wildman–Crippen MR) is 136 cm³/mol. The highest BCUT2D eigenvalue weighted by molar-refractivity contribution is 7.90. The third-order valence-electron chi connectivity index (χ3n) is 7.28. The second kappa shape index (κ2) is 9.99. The van der Waals surface area contributed by atoms with Gasteiger partial charge in [0.05, 0.1) is 24.7 Å². The van der Waals surface area contributed by atoms with E-state index in [1.807, 2.05) is 6.07 Å². The SMILES string of the molecule is O=C1NS(=O)(=O)CCOCCCCCCN2CC3(CCc4cc(Cl)ccc43)COc3ccc1cc32. The van der Waals surface area contributed by atoms with Gasteiger partial charge in [0.15, 0.2) is 0 Å². The van der Waals surface area contributed by atoms with Gasteiger partial charge in [-0.15, -0.1) is 0 Å². The van der Waals surface area contributed by atoms with Gasteiger partial charge in [0.25, 0.3) is 5.91 Å². The van der Waals surface area contributed by atoms with Crippen molar-refractivity contribution in [1.29, 1.82) is 0 Å². The molecule has 1 aliphatic carbocycles. The zero-order valence-electron chi connectivity index (χ0n) is 19.7. The fraction of sp³-hybridized carbons (Fsp3) is 0.500. The number of anilines is 1. The Hall–Kier alpha value is -2.29. The minimum Gasteiger partial charge on any atom is -0.490 e. The maximum Gasteiger partial charge on any atom is 0.264 e. The molecular weight excluding hydrogens is 488 g/mol. The lowest BCUT2D eigenvalue weighted by Crippen LogP contribution is -2.42. The van der Waals surface area contributed by atoms with Crippen LogP contribution in [0.5, 0.6) is 5.75 Å². The Balaban J connectivity index is 1.49. The van der Waals surface area contributed by atoms with E-state index in [4.69, 9.17) is 21.1 Å². The molecule has 35 heavy (non-hydrogen) atoms. The van der Waals surface area contributed by atoms with E-state index < -0.39 is 15.9 Å². The fourth-order valence-corrected chi connectivity index (χ4v) is 6.47. The lowest BCUT2D eigenvalue weighted by Gasteiger charge is -2.34. The molecular formula is C26H31ClN2O5S. The number of hydrogen-bond acceptors (Lipinski definition) is 6. The molecule has 9 heteroatoms. The lowest BCUT2D eigenvalue weighted by molar-refractivity contribution is 0.0980. The molecule has 0 radical (unpaired) electrons. The third-order valence-corrected chi connectivity index (χ3v) is 8.72. The number of nitrogens with zero attached hydrogens (tertiary/aromatic N) is 1. The smallest absolute Gasteiger partial charge is 0.264 e. The van der Waals surface area contributed by atoms with Gasteiger partial charge in [0.2, 0.25) is 10.0 Å². The van der Waals surface area contributed by atoms with Gasteiger partial charge >= 0.3 is 0 Å². The summed E-state index contributed by atoms with van der Waals surface area (Å²) < 4.78 is 38.8. The number of benzene rings is 2. The molecule has 1 unspecified atom stereocenters. The predicted octanol–water partition coefficient (Wildman–Crippen LogP) is 4.07. The molecule has 1 N–H and O–H groups in total. The quantitative estimate of drug-likeness (QED) is 0.566. The molecule has 3 aliphatic rings. The average molecular weight is 519 g/mol. The maximum absolute atomic E-state index is 12.8. The Labute approximate surface area is 211 Å². The Morgan fingerprint density at radius 2 is 1.89 bits per heavy atom. The van der Waals surface area contributed by atoms with Gasteiger partial charge < -0.3 is 14.4 Å². The van der Waals surface area contributed by atoms with Crippen molar-refractivity contribution in [3.8, 4) is 5.75 Å². The van der Waals surface area contributed by atoms with Gasteiger partial charge in [-0.05, 0) is 67.1 Å². The zero-order valence-corrected chi connectivity index (χ0v) is 21.3. The summed E-state index contributed by atoms with van der Waals surface area (Å²) in [7, 11) is -3.79. The van der Waals surface area contributed by atoms with Gasteiger partial charge in [0, 0.05) is 35.7 Å². The van der Waals surface area contributed by atoms with Crippen LogP contribution in [0.25, 0.3) is 0 Å². The topological polar surface area (TPSA) is 84.9 Å². The Morgan fingerprint density at radius 1 is 1.03 bits per heavy atom. The Bertz CT molecular complexity index is 1220. The van der Waals surface area contributed by atoms with Crippen LogP contribution in [0.3, 0.4) is 0 Å². The maximum atomic E-state index is 12.8. The van der Waals surface area contributed by atoms with Crippen LogP contribution < -0.4 is 14.4 Å². The van der Waals surface area contributed by atoms with Gasteiger partial charge in [-0.2, -0.15) is 0 Å². The summed E-state index contributed by atoms with van der Waals surface area (Å²) >= 11 is 6.27. The molecule has 2 bridgehead atoms. The molecule has 5 rings (SSSR count). The number of fused-ring (bicyclic) bond motifs is 3. The zero-order chi connectivity index (χ0) is 24.5. The molecule has 0 saturated heterocycles. The van der Waals surface area contributed by atoms with E-state index in [2.05, 4.69) is 21.8 Å². The molecule has 2 heterocycles. The van der Waals surface area contributed by atoms with E-state index in [1.165, 1.54) is 11.1 Å². The number of ether oxygens (including phenoxy) is 2. The number of hydrogen-bond donors (Lipinski definition) is 1. The first-order chi connectivity index (χ1) is 16.9. The van der Waals surface area contributed by atoms with Crippen molar-refractivity contribution in [3.05, 3.63) is 58.1 Å².